The average molecular weight is 279 g/mol. The molecule has 0 aromatic heterocycles. The van der Waals surface area contributed by atoms with Gasteiger partial charge in [0.05, 0.1) is 12.5 Å². The van der Waals surface area contributed by atoms with Crippen molar-refractivity contribution in [2.75, 3.05) is 10.6 Å². The van der Waals surface area contributed by atoms with Gasteiger partial charge in [-0.05, 0) is 24.6 Å². The van der Waals surface area contributed by atoms with Crippen molar-refractivity contribution in [2.24, 2.45) is 5.73 Å². The lowest BCUT2D eigenvalue weighted by atomic mass is 10.1. The van der Waals surface area contributed by atoms with Crippen LogP contribution in [0, 0.1) is 6.92 Å². The lowest BCUT2D eigenvalue weighted by Crippen LogP contribution is -2.37. The molecule has 1 aromatic rings. The van der Waals surface area contributed by atoms with E-state index in [0.29, 0.717) is 11.4 Å². The number of nitrogens with two attached hydrogens (primary N) is 1. The third kappa shape index (κ3) is 4.69. The van der Waals surface area contributed by atoms with Gasteiger partial charge in [-0.3, -0.25) is 14.4 Å². The Labute approximate surface area is 116 Å². The number of carbonyl (C=O) groups is 3. The normalized spacial score (nSPS) is 11.6. The highest BCUT2D eigenvalue weighted by Gasteiger charge is 2.17. The van der Waals surface area contributed by atoms with E-state index in [1.807, 2.05) is 0 Å². The number of carbonyl (C=O) groups excluding carboxylic acids is 2. The smallest absolute Gasteiger partial charge is 0.305 e. The number of hydrogen-bond donors (Lipinski definition) is 4. The Morgan fingerprint density at radius 3 is 2.50 bits per heavy atom. The molecule has 0 aliphatic rings. The van der Waals surface area contributed by atoms with Crippen LogP contribution in [0.1, 0.15) is 18.9 Å². The summed E-state index contributed by atoms with van der Waals surface area (Å²) in [5, 5.41) is 13.7. The second kappa shape index (κ2) is 6.67. The fourth-order valence-corrected chi connectivity index (χ4v) is 1.54. The first kappa shape index (κ1) is 15.6. The quantitative estimate of drug-likeness (QED) is 0.632. The second-order valence-corrected chi connectivity index (χ2v) is 4.40. The Kier molecular flexibility index (Phi) is 5.22. The lowest BCUT2D eigenvalue weighted by Gasteiger charge is -2.13. The van der Waals surface area contributed by atoms with E-state index < -0.39 is 24.3 Å². The summed E-state index contributed by atoms with van der Waals surface area (Å²) in [6, 6.07) is 3.88. The molecule has 0 heterocycles. The van der Waals surface area contributed by atoms with Gasteiger partial charge >= 0.3 is 5.97 Å². The van der Waals surface area contributed by atoms with E-state index in [-0.39, 0.29) is 5.91 Å². The summed E-state index contributed by atoms with van der Waals surface area (Å²) < 4.78 is 0. The van der Waals surface area contributed by atoms with Crippen LogP contribution in [0.5, 0.6) is 0 Å². The van der Waals surface area contributed by atoms with Gasteiger partial charge in [0.15, 0.2) is 0 Å². The lowest BCUT2D eigenvalue weighted by molar-refractivity contribution is -0.138. The van der Waals surface area contributed by atoms with Crippen molar-refractivity contribution in [3.8, 4) is 0 Å². The molecule has 0 saturated carbocycles. The zero-order valence-corrected chi connectivity index (χ0v) is 11.3. The third-order valence-electron chi connectivity index (χ3n) is 2.55. The molecule has 1 rings (SSSR count). The number of carboxylic acids is 1. The largest absolute Gasteiger partial charge is 0.481 e. The van der Waals surface area contributed by atoms with E-state index in [4.69, 9.17) is 10.8 Å². The number of aliphatic carboxylic acids is 1. The fraction of sp³-hybridized carbons (Fsp3) is 0.308. The van der Waals surface area contributed by atoms with Gasteiger partial charge in [-0.2, -0.15) is 0 Å². The van der Waals surface area contributed by atoms with Gasteiger partial charge in [0.25, 0.3) is 0 Å². The Morgan fingerprint density at radius 2 is 1.95 bits per heavy atom. The molecule has 7 nitrogen and oxygen atoms in total. The summed E-state index contributed by atoms with van der Waals surface area (Å²) in [5.41, 5.74) is 7.25. The summed E-state index contributed by atoms with van der Waals surface area (Å²) in [5.74, 6) is -1.96. The zero-order valence-electron chi connectivity index (χ0n) is 11.3. The Morgan fingerprint density at radius 1 is 1.30 bits per heavy atom. The molecule has 0 bridgehead atoms. The number of benzene rings is 1. The molecule has 1 atom stereocenters. The molecule has 0 fully saturated rings. The minimum atomic E-state index is -1.14. The summed E-state index contributed by atoms with van der Waals surface area (Å²) in [7, 11) is 0. The highest BCUT2D eigenvalue weighted by Crippen LogP contribution is 2.20. The van der Waals surface area contributed by atoms with Crippen molar-refractivity contribution in [1.29, 1.82) is 0 Å². The molecule has 7 heteroatoms. The Bertz CT molecular complexity index is 542. The van der Waals surface area contributed by atoms with Gasteiger partial charge in [-0.25, -0.2) is 0 Å². The SMILES string of the molecule is CC(=O)Nc1ccc(C)c(NC(=O)C(N)CC(=O)O)c1. The van der Waals surface area contributed by atoms with Crippen LogP contribution in [-0.4, -0.2) is 28.9 Å². The number of nitrogens with one attached hydrogen (secondary N) is 2. The zero-order chi connectivity index (χ0) is 15.3. The number of anilines is 2. The van der Waals surface area contributed by atoms with Crippen LogP contribution < -0.4 is 16.4 Å². The van der Waals surface area contributed by atoms with E-state index >= 15 is 0 Å². The minimum absolute atomic E-state index is 0.228. The number of amides is 2. The van der Waals surface area contributed by atoms with Gasteiger partial charge in [0.2, 0.25) is 11.8 Å². The highest BCUT2D eigenvalue weighted by molar-refractivity contribution is 5.98. The summed E-state index contributed by atoms with van der Waals surface area (Å²) in [6.45, 7) is 3.15. The van der Waals surface area contributed by atoms with Gasteiger partial charge in [-0.15, -0.1) is 0 Å². The van der Waals surface area contributed by atoms with E-state index in [2.05, 4.69) is 10.6 Å². The Hall–Kier alpha value is -2.41. The van der Waals surface area contributed by atoms with Crippen molar-refractivity contribution in [2.45, 2.75) is 26.3 Å². The molecule has 108 valence electrons. The van der Waals surface area contributed by atoms with E-state index in [0.717, 1.165) is 5.56 Å². The topological polar surface area (TPSA) is 122 Å². The summed E-state index contributed by atoms with van der Waals surface area (Å²) >= 11 is 0. The van der Waals surface area contributed by atoms with Crippen LogP contribution in [0.15, 0.2) is 18.2 Å². The first-order chi connectivity index (χ1) is 9.29. The molecule has 20 heavy (non-hydrogen) atoms. The van der Waals surface area contributed by atoms with E-state index in [9.17, 15) is 14.4 Å². The minimum Gasteiger partial charge on any atom is -0.481 e. The van der Waals surface area contributed by atoms with Crippen molar-refractivity contribution >= 4 is 29.2 Å². The van der Waals surface area contributed by atoms with Gasteiger partial charge < -0.3 is 21.5 Å². The molecule has 0 aliphatic carbocycles. The second-order valence-electron chi connectivity index (χ2n) is 4.40. The van der Waals surface area contributed by atoms with Crippen LogP contribution in [-0.2, 0) is 14.4 Å². The molecule has 5 N–H and O–H groups in total. The molecule has 1 aromatic carbocycles. The number of hydrogen-bond acceptors (Lipinski definition) is 4. The van der Waals surface area contributed by atoms with Crippen LogP contribution in [0.25, 0.3) is 0 Å². The van der Waals surface area contributed by atoms with Gasteiger partial charge in [-0.1, -0.05) is 6.07 Å². The summed E-state index contributed by atoms with van der Waals surface area (Å²) in [6.07, 6.45) is -0.448. The fourth-order valence-electron chi connectivity index (χ4n) is 1.54. The first-order valence-corrected chi connectivity index (χ1v) is 5.96. The van der Waals surface area contributed by atoms with Gasteiger partial charge in [0.1, 0.15) is 0 Å². The maximum atomic E-state index is 11.7. The van der Waals surface area contributed by atoms with Crippen LogP contribution in [0.4, 0.5) is 11.4 Å². The average Bonchev–Trinajstić information content (AvgIpc) is 2.31. The predicted octanol–water partition coefficient (Wildman–Crippen LogP) is 0.694. The van der Waals surface area contributed by atoms with Crippen LogP contribution in [0.3, 0.4) is 0 Å². The van der Waals surface area contributed by atoms with Crippen molar-refractivity contribution in [3.63, 3.8) is 0 Å². The van der Waals surface area contributed by atoms with E-state index in [1.165, 1.54) is 6.92 Å². The molecule has 1 unspecified atom stereocenters. The number of carboxylic acid groups (broad SMARTS) is 1. The molecular formula is C13H17N3O4. The van der Waals surface area contributed by atoms with Gasteiger partial charge in [0, 0.05) is 18.3 Å². The van der Waals surface area contributed by atoms with E-state index in [1.54, 1.807) is 25.1 Å². The number of aryl methyl sites for hydroxylation is 1. The van der Waals surface area contributed by atoms with Crippen LogP contribution >= 0.6 is 0 Å². The first-order valence-electron chi connectivity index (χ1n) is 5.96. The molecule has 0 radical (unpaired) electrons. The molecular weight excluding hydrogens is 262 g/mol. The van der Waals surface area contributed by atoms with Crippen molar-refractivity contribution < 1.29 is 19.5 Å². The Balaban J connectivity index is 2.83. The third-order valence-corrected chi connectivity index (χ3v) is 2.55. The molecule has 0 aliphatic heterocycles. The molecule has 2 amide bonds. The summed E-state index contributed by atoms with van der Waals surface area (Å²) in [4.78, 5) is 33.2. The maximum Gasteiger partial charge on any atom is 0.305 e. The predicted molar refractivity (Wildman–Crippen MR) is 74.3 cm³/mol. The van der Waals surface area contributed by atoms with Crippen LogP contribution in [0.2, 0.25) is 0 Å². The highest BCUT2D eigenvalue weighted by atomic mass is 16.4. The van der Waals surface area contributed by atoms with Crippen molar-refractivity contribution in [1.82, 2.24) is 0 Å². The molecule has 0 saturated heterocycles. The maximum absolute atomic E-state index is 11.7. The van der Waals surface area contributed by atoms with Crippen molar-refractivity contribution in [3.05, 3.63) is 23.8 Å². The monoisotopic (exact) mass is 279 g/mol. The standard InChI is InChI=1S/C13H17N3O4/c1-7-3-4-9(15-8(2)17)5-11(7)16-13(20)10(14)6-12(18)19/h3-5,10H,6,14H2,1-2H3,(H,15,17)(H,16,20)(H,18,19). The number of rotatable bonds is 5. The molecule has 0 spiro atoms.